The molecule has 120 valence electrons. The lowest BCUT2D eigenvalue weighted by molar-refractivity contribution is -0.131. The molecule has 5 heteroatoms. The van der Waals surface area contributed by atoms with Crippen molar-refractivity contribution in [1.29, 1.82) is 0 Å². The summed E-state index contributed by atoms with van der Waals surface area (Å²) in [5, 5.41) is 0. The van der Waals surface area contributed by atoms with Gasteiger partial charge in [-0.05, 0) is 30.2 Å². The average molecular weight is 314 g/mol. The van der Waals surface area contributed by atoms with E-state index in [0.717, 1.165) is 11.3 Å². The third-order valence-corrected chi connectivity index (χ3v) is 3.91. The first-order chi connectivity index (χ1) is 11.2. The Balaban J connectivity index is 1.68. The molecule has 0 unspecified atom stereocenters. The second-order valence-corrected chi connectivity index (χ2v) is 5.56. The Morgan fingerprint density at radius 1 is 1.35 bits per heavy atom. The van der Waals surface area contributed by atoms with Crippen LogP contribution in [0.1, 0.15) is 23.7 Å². The number of pyridine rings is 1. The zero-order chi connectivity index (χ0) is 16.2. The van der Waals surface area contributed by atoms with Crippen molar-refractivity contribution in [2.75, 3.05) is 13.2 Å². The molecule has 0 saturated carbocycles. The predicted octanol–water partition coefficient (Wildman–Crippen LogP) is 2.75. The van der Waals surface area contributed by atoms with Crippen LogP contribution in [0.4, 0.5) is 4.39 Å². The molecule has 1 aromatic heterocycles. The molecule has 0 N–H and O–H groups in total. The van der Waals surface area contributed by atoms with Crippen molar-refractivity contribution in [3.8, 4) is 5.88 Å². The van der Waals surface area contributed by atoms with Crippen molar-refractivity contribution in [2.45, 2.75) is 26.3 Å². The van der Waals surface area contributed by atoms with Gasteiger partial charge in [0.1, 0.15) is 5.82 Å². The Labute approximate surface area is 134 Å². The number of nitrogens with zero attached hydrogens (tertiary/aromatic N) is 2. The van der Waals surface area contributed by atoms with Gasteiger partial charge < -0.3 is 9.64 Å². The normalized spacial score (nSPS) is 13.6. The molecule has 1 aliphatic heterocycles. The minimum atomic E-state index is -0.313. The Bertz CT molecular complexity index is 718. The third kappa shape index (κ3) is 3.67. The first kappa shape index (κ1) is 15.5. The Kier molecular flexibility index (Phi) is 4.55. The van der Waals surface area contributed by atoms with Gasteiger partial charge >= 0.3 is 0 Å². The molecule has 2 heterocycles. The van der Waals surface area contributed by atoms with E-state index < -0.39 is 0 Å². The molecule has 0 aliphatic carbocycles. The lowest BCUT2D eigenvalue weighted by atomic mass is 10.0. The van der Waals surface area contributed by atoms with Crippen LogP contribution < -0.4 is 4.74 Å². The number of halogens is 1. The summed E-state index contributed by atoms with van der Waals surface area (Å²) in [6.45, 7) is 3.69. The van der Waals surface area contributed by atoms with Gasteiger partial charge in [0.15, 0.2) is 0 Å². The molecule has 0 bridgehead atoms. The molecule has 1 aliphatic rings. The van der Waals surface area contributed by atoms with E-state index in [1.807, 2.05) is 19.1 Å². The molecule has 1 amide bonds. The number of carbonyl (C=O) groups is 1. The van der Waals surface area contributed by atoms with Crippen LogP contribution in [0.15, 0.2) is 36.4 Å². The Morgan fingerprint density at radius 2 is 2.22 bits per heavy atom. The van der Waals surface area contributed by atoms with E-state index in [-0.39, 0.29) is 18.1 Å². The smallest absolute Gasteiger partial charge is 0.227 e. The summed E-state index contributed by atoms with van der Waals surface area (Å²) in [5.41, 5.74) is 2.74. The van der Waals surface area contributed by atoms with Crippen LogP contribution in [-0.2, 0) is 24.2 Å². The van der Waals surface area contributed by atoms with Gasteiger partial charge in [-0.1, -0.05) is 18.2 Å². The quantitative estimate of drug-likeness (QED) is 0.871. The van der Waals surface area contributed by atoms with E-state index in [1.54, 1.807) is 17.0 Å². The van der Waals surface area contributed by atoms with Gasteiger partial charge in [0.25, 0.3) is 0 Å². The molecule has 0 saturated heterocycles. The third-order valence-electron chi connectivity index (χ3n) is 3.91. The highest BCUT2D eigenvalue weighted by molar-refractivity contribution is 5.79. The molecule has 4 nitrogen and oxygen atoms in total. The maximum atomic E-state index is 13.2. The highest BCUT2D eigenvalue weighted by Crippen LogP contribution is 2.21. The van der Waals surface area contributed by atoms with Gasteiger partial charge in [0.05, 0.1) is 18.7 Å². The summed E-state index contributed by atoms with van der Waals surface area (Å²) in [6, 6.07) is 9.99. The minimum Gasteiger partial charge on any atom is -0.478 e. The topological polar surface area (TPSA) is 42.4 Å². The lowest BCUT2D eigenvalue weighted by Gasteiger charge is -2.28. The molecule has 0 spiro atoms. The van der Waals surface area contributed by atoms with Gasteiger partial charge in [-0.25, -0.2) is 9.37 Å². The molecule has 3 rings (SSSR count). The van der Waals surface area contributed by atoms with Gasteiger partial charge in [0, 0.05) is 25.6 Å². The molecule has 23 heavy (non-hydrogen) atoms. The number of aromatic nitrogens is 1. The van der Waals surface area contributed by atoms with Crippen molar-refractivity contribution < 1.29 is 13.9 Å². The minimum absolute atomic E-state index is 0.00938. The van der Waals surface area contributed by atoms with Gasteiger partial charge in [0.2, 0.25) is 11.8 Å². The van der Waals surface area contributed by atoms with Crippen molar-refractivity contribution in [3.05, 3.63) is 59.0 Å². The maximum absolute atomic E-state index is 13.2. The van der Waals surface area contributed by atoms with Gasteiger partial charge in [-0.2, -0.15) is 0 Å². The Hall–Kier alpha value is -2.43. The molecule has 0 radical (unpaired) electrons. The number of hydrogen-bond acceptors (Lipinski definition) is 3. The molecular formula is C18H19FN2O2. The van der Waals surface area contributed by atoms with Crippen molar-refractivity contribution in [2.24, 2.45) is 0 Å². The first-order valence-corrected chi connectivity index (χ1v) is 7.79. The SMILES string of the molecule is CCOc1ccc2c(n1)CCN(C(=O)Cc1cccc(F)c1)C2. The molecule has 0 fully saturated rings. The summed E-state index contributed by atoms with van der Waals surface area (Å²) in [4.78, 5) is 18.7. The number of hydrogen-bond donors (Lipinski definition) is 0. The monoisotopic (exact) mass is 314 g/mol. The summed E-state index contributed by atoms with van der Waals surface area (Å²) in [7, 11) is 0. The van der Waals surface area contributed by atoms with E-state index in [4.69, 9.17) is 4.74 Å². The van der Waals surface area contributed by atoms with Crippen LogP contribution in [0.3, 0.4) is 0 Å². The number of carbonyl (C=O) groups excluding carboxylic acids is 1. The molecule has 2 aromatic rings. The second-order valence-electron chi connectivity index (χ2n) is 5.56. The standard InChI is InChI=1S/C18H19FN2O2/c1-2-23-17-7-6-14-12-21(9-8-16(14)20-17)18(22)11-13-4-3-5-15(19)10-13/h3-7,10H,2,8-9,11-12H2,1H3. The Morgan fingerprint density at radius 3 is 3.00 bits per heavy atom. The van der Waals surface area contributed by atoms with Crippen LogP contribution in [0.25, 0.3) is 0 Å². The number of fused-ring (bicyclic) bond motifs is 1. The van der Waals surface area contributed by atoms with Crippen LogP contribution in [0.5, 0.6) is 5.88 Å². The largest absolute Gasteiger partial charge is 0.478 e. The summed E-state index contributed by atoms with van der Waals surface area (Å²) in [6.07, 6.45) is 0.933. The number of ether oxygens (including phenoxy) is 1. The van der Waals surface area contributed by atoms with Crippen molar-refractivity contribution in [3.63, 3.8) is 0 Å². The lowest BCUT2D eigenvalue weighted by Crippen LogP contribution is -2.37. The summed E-state index contributed by atoms with van der Waals surface area (Å²) >= 11 is 0. The van der Waals surface area contributed by atoms with Crippen LogP contribution >= 0.6 is 0 Å². The maximum Gasteiger partial charge on any atom is 0.227 e. The number of amides is 1. The van der Waals surface area contributed by atoms with Gasteiger partial charge in [-0.15, -0.1) is 0 Å². The van der Waals surface area contributed by atoms with E-state index in [0.29, 0.717) is 37.6 Å². The first-order valence-electron chi connectivity index (χ1n) is 7.79. The van der Waals surface area contributed by atoms with Crippen molar-refractivity contribution >= 4 is 5.91 Å². The van der Waals surface area contributed by atoms with E-state index in [1.165, 1.54) is 12.1 Å². The zero-order valence-electron chi connectivity index (χ0n) is 13.1. The summed E-state index contributed by atoms with van der Waals surface area (Å²) < 4.78 is 18.6. The fourth-order valence-electron chi connectivity index (χ4n) is 2.77. The van der Waals surface area contributed by atoms with Crippen molar-refractivity contribution in [1.82, 2.24) is 9.88 Å². The zero-order valence-corrected chi connectivity index (χ0v) is 13.1. The van der Waals surface area contributed by atoms with E-state index >= 15 is 0 Å². The number of benzene rings is 1. The highest BCUT2D eigenvalue weighted by atomic mass is 19.1. The summed E-state index contributed by atoms with van der Waals surface area (Å²) in [5.74, 6) is 0.327. The molecule has 0 atom stereocenters. The predicted molar refractivity (Wildman–Crippen MR) is 84.6 cm³/mol. The highest BCUT2D eigenvalue weighted by Gasteiger charge is 2.22. The molecular weight excluding hydrogens is 295 g/mol. The molecule has 1 aromatic carbocycles. The van der Waals surface area contributed by atoms with Gasteiger partial charge in [-0.3, -0.25) is 4.79 Å². The second kappa shape index (κ2) is 6.77. The van der Waals surface area contributed by atoms with Crippen LogP contribution in [0, 0.1) is 5.82 Å². The average Bonchev–Trinajstić information content (AvgIpc) is 2.54. The van der Waals surface area contributed by atoms with E-state index in [2.05, 4.69) is 4.98 Å². The van der Waals surface area contributed by atoms with Crippen LogP contribution in [-0.4, -0.2) is 28.9 Å². The fourth-order valence-corrected chi connectivity index (χ4v) is 2.77. The number of rotatable bonds is 4. The fraction of sp³-hybridized carbons (Fsp3) is 0.333. The van der Waals surface area contributed by atoms with Crippen LogP contribution in [0.2, 0.25) is 0 Å². The van der Waals surface area contributed by atoms with E-state index in [9.17, 15) is 9.18 Å².